The predicted octanol–water partition coefficient (Wildman–Crippen LogP) is 4.77. The summed E-state index contributed by atoms with van der Waals surface area (Å²) < 4.78 is 26.6. The SMILES string of the molecule is CNC(Cc1cc(Cl)ccc1Cl)c1cc(F)cc(F)c1. The summed E-state index contributed by atoms with van der Waals surface area (Å²) in [6.45, 7) is 0. The Labute approximate surface area is 126 Å². The molecule has 1 nitrogen and oxygen atoms in total. The molecule has 0 radical (unpaired) electrons. The number of halogens is 4. The molecule has 0 saturated carbocycles. The molecule has 0 aliphatic carbocycles. The molecule has 20 heavy (non-hydrogen) atoms. The third-order valence-electron chi connectivity index (χ3n) is 3.07. The fraction of sp³-hybridized carbons (Fsp3) is 0.200. The van der Waals surface area contributed by atoms with Gasteiger partial charge in [-0.05, 0) is 54.9 Å². The van der Waals surface area contributed by atoms with Crippen molar-refractivity contribution >= 4 is 23.2 Å². The summed E-state index contributed by atoms with van der Waals surface area (Å²) in [5.41, 5.74) is 1.35. The van der Waals surface area contributed by atoms with Crippen LogP contribution in [0.4, 0.5) is 8.78 Å². The van der Waals surface area contributed by atoms with E-state index in [0.29, 0.717) is 22.0 Å². The first kappa shape index (κ1) is 15.2. The molecule has 0 heterocycles. The molecule has 0 amide bonds. The molecule has 0 aromatic heterocycles. The average Bonchev–Trinajstić information content (AvgIpc) is 2.38. The van der Waals surface area contributed by atoms with Gasteiger partial charge in [0.15, 0.2) is 0 Å². The van der Waals surface area contributed by atoms with Crippen molar-refractivity contribution in [3.8, 4) is 0 Å². The van der Waals surface area contributed by atoms with E-state index in [9.17, 15) is 8.78 Å². The largest absolute Gasteiger partial charge is 0.313 e. The molecule has 106 valence electrons. The lowest BCUT2D eigenvalue weighted by Gasteiger charge is -2.18. The van der Waals surface area contributed by atoms with Crippen LogP contribution in [0.3, 0.4) is 0 Å². The third kappa shape index (κ3) is 3.69. The molecule has 1 unspecified atom stereocenters. The highest BCUT2D eigenvalue weighted by molar-refractivity contribution is 6.33. The van der Waals surface area contributed by atoms with Crippen LogP contribution >= 0.6 is 23.2 Å². The lowest BCUT2D eigenvalue weighted by molar-refractivity contribution is 0.551. The highest BCUT2D eigenvalue weighted by Crippen LogP contribution is 2.26. The van der Waals surface area contributed by atoms with Gasteiger partial charge in [0.1, 0.15) is 11.6 Å². The molecular formula is C15H13Cl2F2N. The van der Waals surface area contributed by atoms with Gasteiger partial charge >= 0.3 is 0 Å². The Morgan fingerprint density at radius 3 is 2.30 bits per heavy atom. The Bertz CT molecular complexity index is 597. The van der Waals surface area contributed by atoms with Crippen molar-refractivity contribution in [1.82, 2.24) is 5.32 Å². The molecule has 0 aliphatic rings. The smallest absolute Gasteiger partial charge is 0.126 e. The third-order valence-corrected chi connectivity index (χ3v) is 3.67. The minimum absolute atomic E-state index is 0.254. The van der Waals surface area contributed by atoms with E-state index in [-0.39, 0.29) is 6.04 Å². The van der Waals surface area contributed by atoms with Crippen molar-refractivity contribution < 1.29 is 8.78 Å². The summed E-state index contributed by atoms with van der Waals surface area (Å²) in [7, 11) is 1.73. The summed E-state index contributed by atoms with van der Waals surface area (Å²) in [5, 5.41) is 4.18. The molecule has 1 N–H and O–H groups in total. The molecule has 0 aliphatic heterocycles. The summed E-state index contributed by atoms with van der Waals surface area (Å²) in [4.78, 5) is 0. The quantitative estimate of drug-likeness (QED) is 0.856. The topological polar surface area (TPSA) is 12.0 Å². The van der Waals surface area contributed by atoms with E-state index in [4.69, 9.17) is 23.2 Å². The minimum Gasteiger partial charge on any atom is -0.313 e. The number of likely N-dealkylation sites (N-methyl/N-ethyl adjacent to an activating group) is 1. The van der Waals surface area contributed by atoms with Crippen molar-refractivity contribution in [3.63, 3.8) is 0 Å². The Morgan fingerprint density at radius 2 is 1.70 bits per heavy atom. The molecule has 0 fully saturated rings. The van der Waals surface area contributed by atoms with E-state index in [1.54, 1.807) is 25.2 Å². The van der Waals surface area contributed by atoms with Crippen LogP contribution in [-0.2, 0) is 6.42 Å². The fourth-order valence-corrected chi connectivity index (χ4v) is 2.47. The van der Waals surface area contributed by atoms with Crippen molar-refractivity contribution in [3.05, 3.63) is 69.2 Å². The highest BCUT2D eigenvalue weighted by atomic mass is 35.5. The number of hydrogen-bond acceptors (Lipinski definition) is 1. The summed E-state index contributed by atoms with van der Waals surface area (Å²) in [6, 6.07) is 8.37. The van der Waals surface area contributed by atoms with Crippen LogP contribution in [-0.4, -0.2) is 7.05 Å². The van der Waals surface area contributed by atoms with Crippen LogP contribution < -0.4 is 5.32 Å². The molecule has 5 heteroatoms. The number of rotatable bonds is 4. The predicted molar refractivity (Wildman–Crippen MR) is 78.3 cm³/mol. The van der Waals surface area contributed by atoms with Gasteiger partial charge in [-0.2, -0.15) is 0 Å². The molecular weight excluding hydrogens is 303 g/mol. The Morgan fingerprint density at radius 1 is 1.05 bits per heavy atom. The van der Waals surface area contributed by atoms with E-state index in [1.165, 1.54) is 12.1 Å². The average molecular weight is 316 g/mol. The zero-order valence-electron chi connectivity index (χ0n) is 10.8. The van der Waals surface area contributed by atoms with Crippen molar-refractivity contribution in [2.45, 2.75) is 12.5 Å². The van der Waals surface area contributed by atoms with Crippen LogP contribution in [0.2, 0.25) is 10.0 Å². The summed E-state index contributed by atoms with van der Waals surface area (Å²) in [6.07, 6.45) is 0.485. The first-order valence-corrected chi connectivity index (χ1v) is 6.82. The first-order chi connectivity index (χ1) is 9.49. The number of hydrogen-bond donors (Lipinski definition) is 1. The van der Waals surface area contributed by atoms with E-state index < -0.39 is 11.6 Å². The Kier molecular flexibility index (Phi) is 4.97. The molecule has 2 aromatic rings. The van der Waals surface area contributed by atoms with Crippen molar-refractivity contribution in [2.24, 2.45) is 0 Å². The van der Waals surface area contributed by atoms with Gasteiger partial charge in [-0.1, -0.05) is 23.2 Å². The Hall–Kier alpha value is -1.16. The van der Waals surface area contributed by atoms with Gasteiger partial charge in [0.2, 0.25) is 0 Å². The maximum Gasteiger partial charge on any atom is 0.126 e. The normalized spacial score (nSPS) is 12.4. The second kappa shape index (κ2) is 6.53. The van der Waals surface area contributed by atoms with Gasteiger partial charge in [0.05, 0.1) is 0 Å². The van der Waals surface area contributed by atoms with Crippen molar-refractivity contribution in [2.75, 3.05) is 7.05 Å². The summed E-state index contributed by atoms with van der Waals surface area (Å²) >= 11 is 12.1. The lowest BCUT2D eigenvalue weighted by atomic mass is 9.98. The van der Waals surface area contributed by atoms with Crippen LogP contribution in [0.5, 0.6) is 0 Å². The van der Waals surface area contributed by atoms with Gasteiger partial charge < -0.3 is 5.32 Å². The fourth-order valence-electron chi connectivity index (χ4n) is 2.08. The van der Waals surface area contributed by atoms with E-state index in [0.717, 1.165) is 11.6 Å². The van der Waals surface area contributed by atoms with Gasteiger partial charge in [-0.3, -0.25) is 0 Å². The van der Waals surface area contributed by atoms with Gasteiger partial charge in [0.25, 0.3) is 0 Å². The lowest BCUT2D eigenvalue weighted by Crippen LogP contribution is -2.19. The molecule has 1 atom stereocenters. The Balaban J connectivity index is 2.30. The molecule has 0 saturated heterocycles. The minimum atomic E-state index is -0.600. The maximum absolute atomic E-state index is 13.3. The standard InChI is InChI=1S/C15H13Cl2F2N/c1-20-15(10-5-12(18)8-13(19)6-10)7-9-4-11(16)2-3-14(9)17/h2-6,8,15,20H,7H2,1H3. The van der Waals surface area contributed by atoms with Crippen LogP contribution in [0.15, 0.2) is 36.4 Å². The zero-order valence-corrected chi connectivity index (χ0v) is 12.3. The van der Waals surface area contributed by atoms with E-state index >= 15 is 0 Å². The van der Waals surface area contributed by atoms with Crippen LogP contribution in [0.1, 0.15) is 17.2 Å². The second-order valence-corrected chi connectivity index (χ2v) is 5.33. The summed E-state index contributed by atoms with van der Waals surface area (Å²) in [5.74, 6) is -1.20. The highest BCUT2D eigenvalue weighted by Gasteiger charge is 2.14. The van der Waals surface area contributed by atoms with Gasteiger partial charge in [0, 0.05) is 22.2 Å². The van der Waals surface area contributed by atoms with Gasteiger partial charge in [-0.15, -0.1) is 0 Å². The molecule has 2 aromatic carbocycles. The maximum atomic E-state index is 13.3. The number of benzene rings is 2. The van der Waals surface area contributed by atoms with Crippen LogP contribution in [0, 0.1) is 11.6 Å². The van der Waals surface area contributed by atoms with E-state index in [2.05, 4.69) is 5.32 Å². The monoisotopic (exact) mass is 315 g/mol. The molecule has 0 bridgehead atoms. The first-order valence-electron chi connectivity index (χ1n) is 6.07. The molecule has 0 spiro atoms. The second-order valence-electron chi connectivity index (χ2n) is 4.48. The molecule has 2 rings (SSSR count). The van der Waals surface area contributed by atoms with Crippen molar-refractivity contribution in [1.29, 1.82) is 0 Å². The van der Waals surface area contributed by atoms with Gasteiger partial charge in [-0.25, -0.2) is 8.78 Å². The van der Waals surface area contributed by atoms with E-state index in [1.807, 2.05) is 0 Å². The zero-order chi connectivity index (χ0) is 14.7. The van der Waals surface area contributed by atoms with Crippen LogP contribution in [0.25, 0.3) is 0 Å². The number of nitrogens with one attached hydrogen (secondary N) is 1.